The molecule has 1 amide bonds. The lowest BCUT2D eigenvalue weighted by Crippen LogP contribution is -2.38. The lowest BCUT2D eigenvalue weighted by molar-refractivity contribution is 0.0746. The molecule has 6 nitrogen and oxygen atoms in total. The largest absolute Gasteiger partial charge is 0.378 e. The minimum Gasteiger partial charge on any atom is -0.378 e. The lowest BCUT2D eigenvalue weighted by Gasteiger charge is -2.27. The van der Waals surface area contributed by atoms with Crippen LogP contribution in [0.2, 0.25) is 0 Å². The molecule has 1 aromatic carbocycles. The van der Waals surface area contributed by atoms with Gasteiger partial charge in [-0.25, -0.2) is 9.97 Å². The van der Waals surface area contributed by atoms with Gasteiger partial charge < -0.3 is 14.5 Å². The van der Waals surface area contributed by atoms with E-state index in [1.54, 1.807) is 11.0 Å². The third-order valence-electron chi connectivity index (χ3n) is 4.24. The molecule has 2 aromatic rings. The number of ether oxygens (including phenoxy) is 1. The van der Waals surface area contributed by atoms with Crippen LogP contribution in [0.15, 0.2) is 36.4 Å². The second-order valence-electron chi connectivity index (χ2n) is 6.10. The Hall–Kier alpha value is -2.47. The van der Waals surface area contributed by atoms with Crippen molar-refractivity contribution < 1.29 is 9.53 Å². The summed E-state index contributed by atoms with van der Waals surface area (Å²) in [5, 5.41) is 0. The van der Waals surface area contributed by atoms with Crippen LogP contribution in [-0.2, 0) is 11.3 Å². The van der Waals surface area contributed by atoms with Crippen LogP contribution < -0.4 is 4.90 Å². The first-order valence-electron chi connectivity index (χ1n) is 8.69. The quantitative estimate of drug-likeness (QED) is 0.836. The van der Waals surface area contributed by atoms with Gasteiger partial charge in [-0.2, -0.15) is 0 Å². The van der Waals surface area contributed by atoms with E-state index in [-0.39, 0.29) is 5.91 Å². The van der Waals surface area contributed by atoms with Crippen LogP contribution in [0.4, 0.5) is 5.95 Å². The number of morpholine rings is 1. The van der Waals surface area contributed by atoms with Gasteiger partial charge >= 0.3 is 0 Å². The summed E-state index contributed by atoms with van der Waals surface area (Å²) in [5.74, 6) is 0.550. The van der Waals surface area contributed by atoms with Crippen molar-refractivity contribution in [2.24, 2.45) is 0 Å². The van der Waals surface area contributed by atoms with Gasteiger partial charge in [-0.1, -0.05) is 30.3 Å². The molecule has 0 aliphatic carbocycles. The monoisotopic (exact) mass is 340 g/mol. The average molecular weight is 340 g/mol. The molecule has 0 unspecified atom stereocenters. The predicted octanol–water partition coefficient (Wildman–Crippen LogP) is 2.28. The summed E-state index contributed by atoms with van der Waals surface area (Å²) in [4.78, 5) is 25.9. The fraction of sp³-hybridized carbons (Fsp3) is 0.421. The molecule has 132 valence electrons. The van der Waals surface area contributed by atoms with Crippen molar-refractivity contribution >= 4 is 11.9 Å². The first-order chi connectivity index (χ1) is 12.2. The molecule has 0 atom stereocenters. The van der Waals surface area contributed by atoms with Crippen molar-refractivity contribution in [3.8, 4) is 0 Å². The number of anilines is 1. The van der Waals surface area contributed by atoms with E-state index in [4.69, 9.17) is 4.74 Å². The summed E-state index contributed by atoms with van der Waals surface area (Å²) < 4.78 is 5.38. The second-order valence-corrected chi connectivity index (χ2v) is 6.10. The smallest absolute Gasteiger partial charge is 0.272 e. The number of nitrogens with zero attached hydrogens (tertiary/aromatic N) is 4. The van der Waals surface area contributed by atoms with Crippen LogP contribution >= 0.6 is 0 Å². The number of aryl methyl sites for hydroxylation is 1. The predicted molar refractivity (Wildman–Crippen MR) is 96.7 cm³/mol. The minimum absolute atomic E-state index is 0.0636. The molecule has 0 N–H and O–H groups in total. The number of rotatable bonds is 5. The Morgan fingerprint density at radius 2 is 1.92 bits per heavy atom. The Morgan fingerprint density at radius 3 is 2.60 bits per heavy atom. The highest BCUT2D eigenvalue weighted by atomic mass is 16.5. The molecule has 0 radical (unpaired) electrons. The lowest BCUT2D eigenvalue weighted by atomic mass is 10.2. The maximum absolute atomic E-state index is 13.0. The second kappa shape index (κ2) is 8.07. The van der Waals surface area contributed by atoms with Crippen LogP contribution in [-0.4, -0.2) is 53.6 Å². The summed E-state index contributed by atoms with van der Waals surface area (Å²) in [5.41, 5.74) is 2.36. The van der Waals surface area contributed by atoms with E-state index >= 15 is 0 Å². The van der Waals surface area contributed by atoms with Crippen molar-refractivity contribution in [3.05, 3.63) is 53.3 Å². The van der Waals surface area contributed by atoms with Gasteiger partial charge in [0.25, 0.3) is 5.91 Å². The summed E-state index contributed by atoms with van der Waals surface area (Å²) in [6.07, 6.45) is 0. The van der Waals surface area contributed by atoms with Crippen molar-refractivity contribution in [1.29, 1.82) is 0 Å². The third kappa shape index (κ3) is 4.33. The standard InChI is InChI=1S/C19H24N4O2/c1-3-22(14-16-7-5-4-6-8-16)18(24)17-13-15(2)20-19(21-17)23-9-11-25-12-10-23/h4-8,13H,3,9-12,14H2,1-2H3. The number of hydrogen-bond donors (Lipinski definition) is 0. The van der Waals surface area contributed by atoms with Gasteiger partial charge in [-0.3, -0.25) is 4.79 Å². The molecule has 0 spiro atoms. The van der Waals surface area contributed by atoms with Crippen molar-refractivity contribution in [3.63, 3.8) is 0 Å². The Labute approximate surface area is 148 Å². The highest BCUT2D eigenvalue weighted by Crippen LogP contribution is 2.15. The average Bonchev–Trinajstić information content (AvgIpc) is 2.66. The number of hydrogen-bond acceptors (Lipinski definition) is 5. The van der Waals surface area contributed by atoms with E-state index in [1.807, 2.05) is 44.2 Å². The summed E-state index contributed by atoms with van der Waals surface area (Å²) in [6, 6.07) is 11.8. The summed E-state index contributed by atoms with van der Waals surface area (Å²) in [7, 11) is 0. The van der Waals surface area contributed by atoms with Gasteiger partial charge in [0.15, 0.2) is 0 Å². The molecule has 0 bridgehead atoms. The van der Waals surface area contributed by atoms with E-state index < -0.39 is 0 Å². The van der Waals surface area contributed by atoms with Gasteiger partial charge in [0, 0.05) is 31.9 Å². The van der Waals surface area contributed by atoms with E-state index in [9.17, 15) is 4.79 Å². The molecule has 1 aliphatic heterocycles. The van der Waals surface area contributed by atoms with Gasteiger partial charge in [0.2, 0.25) is 5.95 Å². The molecule has 0 saturated carbocycles. The van der Waals surface area contributed by atoms with Crippen LogP contribution in [0.1, 0.15) is 28.7 Å². The maximum Gasteiger partial charge on any atom is 0.272 e. The molecule has 3 rings (SSSR count). The Bertz CT molecular complexity index is 715. The normalized spacial score (nSPS) is 14.4. The van der Waals surface area contributed by atoms with Crippen LogP contribution in [0.25, 0.3) is 0 Å². The van der Waals surface area contributed by atoms with Crippen LogP contribution in [0.3, 0.4) is 0 Å². The molecule has 6 heteroatoms. The highest BCUT2D eigenvalue weighted by molar-refractivity contribution is 5.92. The van der Waals surface area contributed by atoms with Crippen molar-refractivity contribution in [2.75, 3.05) is 37.7 Å². The number of aromatic nitrogens is 2. The third-order valence-corrected chi connectivity index (χ3v) is 4.24. The van der Waals surface area contributed by atoms with Gasteiger partial charge in [0.05, 0.1) is 13.2 Å². The zero-order valence-electron chi connectivity index (χ0n) is 14.8. The number of carbonyl (C=O) groups excluding carboxylic acids is 1. The van der Waals surface area contributed by atoms with Gasteiger partial charge in [-0.15, -0.1) is 0 Å². The number of carbonyl (C=O) groups is 1. The Balaban J connectivity index is 1.81. The van der Waals surface area contributed by atoms with Crippen molar-refractivity contribution in [2.45, 2.75) is 20.4 Å². The summed E-state index contributed by atoms with van der Waals surface area (Å²) >= 11 is 0. The molecule has 1 fully saturated rings. The SMILES string of the molecule is CCN(Cc1ccccc1)C(=O)c1cc(C)nc(N2CCOCC2)n1. The zero-order valence-corrected chi connectivity index (χ0v) is 14.8. The Kier molecular flexibility index (Phi) is 5.60. The fourth-order valence-corrected chi connectivity index (χ4v) is 2.86. The fourth-order valence-electron chi connectivity index (χ4n) is 2.86. The van der Waals surface area contributed by atoms with Gasteiger partial charge in [0.1, 0.15) is 5.69 Å². The van der Waals surface area contributed by atoms with E-state index in [0.29, 0.717) is 37.9 Å². The molecular formula is C19H24N4O2. The first kappa shape index (κ1) is 17.4. The molecule has 1 saturated heterocycles. The van der Waals surface area contributed by atoms with Crippen LogP contribution in [0, 0.1) is 6.92 Å². The first-order valence-corrected chi connectivity index (χ1v) is 8.69. The molecule has 1 aromatic heterocycles. The topological polar surface area (TPSA) is 58.6 Å². The molecular weight excluding hydrogens is 316 g/mol. The van der Waals surface area contributed by atoms with Crippen LogP contribution in [0.5, 0.6) is 0 Å². The molecule has 1 aliphatic rings. The summed E-state index contributed by atoms with van der Waals surface area (Å²) in [6.45, 7) is 7.91. The van der Waals surface area contributed by atoms with Gasteiger partial charge in [-0.05, 0) is 25.5 Å². The number of benzene rings is 1. The Morgan fingerprint density at radius 1 is 1.20 bits per heavy atom. The highest BCUT2D eigenvalue weighted by Gasteiger charge is 2.20. The molecule has 2 heterocycles. The number of amides is 1. The zero-order chi connectivity index (χ0) is 17.6. The minimum atomic E-state index is -0.0636. The van der Waals surface area contributed by atoms with E-state index in [2.05, 4.69) is 14.9 Å². The maximum atomic E-state index is 13.0. The van der Waals surface area contributed by atoms with Crippen molar-refractivity contribution in [1.82, 2.24) is 14.9 Å². The molecule has 25 heavy (non-hydrogen) atoms. The van der Waals surface area contributed by atoms with E-state index in [1.165, 1.54) is 0 Å². The van der Waals surface area contributed by atoms with E-state index in [0.717, 1.165) is 24.3 Å².